The van der Waals surface area contributed by atoms with Crippen molar-refractivity contribution in [3.63, 3.8) is 0 Å². The van der Waals surface area contributed by atoms with Crippen molar-refractivity contribution < 1.29 is 14.7 Å². The molecule has 0 spiro atoms. The molecule has 2 aliphatic carbocycles. The zero-order valence-electron chi connectivity index (χ0n) is 11.3. The molecule has 4 nitrogen and oxygen atoms in total. The van der Waals surface area contributed by atoms with Crippen molar-refractivity contribution in [1.29, 1.82) is 0 Å². The fourth-order valence-electron chi connectivity index (χ4n) is 3.67. The van der Waals surface area contributed by atoms with Gasteiger partial charge in [-0.1, -0.05) is 26.2 Å². The molecule has 4 heteroatoms. The summed E-state index contributed by atoms with van der Waals surface area (Å²) in [6.45, 7) is 3.56. The maximum absolute atomic E-state index is 12.0. The molecule has 0 aromatic heterocycles. The highest BCUT2D eigenvalue weighted by atomic mass is 16.4. The van der Waals surface area contributed by atoms with E-state index in [0.717, 1.165) is 38.5 Å². The lowest BCUT2D eigenvalue weighted by Crippen LogP contribution is -2.62. The van der Waals surface area contributed by atoms with Crippen LogP contribution in [0.3, 0.4) is 0 Å². The first-order valence-electron chi connectivity index (χ1n) is 7.07. The van der Waals surface area contributed by atoms with Gasteiger partial charge in [-0.25, -0.2) is 4.79 Å². The summed E-state index contributed by atoms with van der Waals surface area (Å²) < 4.78 is 0. The third-order valence-electron chi connectivity index (χ3n) is 4.58. The molecule has 0 aromatic rings. The summed E-state index contributed by atoms with van der Waals surface area (Å²) in [7, 11) is 0. The minimum Gasteiger partial charge on any atom is -0.479 e. The molecule has 2 fully saturated rings. The van der Waals surface area contributed by atoms with E-state index in [4.69, 9.17) is 0 Å². The Morgan fingerprint density at radius 1 is 1.28 bits per heavy atom. The number of hydrogen-bond donors (Lipinski definition) is 1. The van der Waals surface area contributed by atoms with Gasteiger partial charge in [0.2, 0.25) is 5.91 Å². The number of aliphatic carboxylic acids is 1. The van der Waals surface area contributed by atoms with E-state index < -0.39 is 11.5 Å². The zero-order valence-corrected chi connectivity index (χ0v) is 11.3. The fourth-order valence-corrected chi connectivity index (χ4v) is 3.67. The number of carboxylic acid groups (broad SMARTS) is 1. The molecule has 0 aliphatic heterocycles. The van der Waals surface area contributed by atoms with Gasteiger partial charge >= 0.3 is 5.97 Å². The van der Waals surface area contributed by atoms with Crippen LogP contribution in [-0.4, -0.2) is 33.5 Å². The van der Waals surface area contributed by atoms with Crippen LogP contribution in [-0.2, 0) is 9.59 Å². The van der Waals surface area contributed by atoms with Gasteiger partial charge in [0, 0.05) is 13.0 Å². The van der Waals surface area contributed by atoms with E-state index in [9.17, 15) is 14.7 Å². The van der Waals surface area contributed by atoms with Crippen molar-refractivity contribution in [2.45, 2.75) is 70.4 Å². The molecule has 18 heavy (non-hydrogen) atoms. The number of carbonyl (C=O) groups is 2. The van der Waals surface area contributed by atoms with Crippen molar-refractivity contribution in [2.24, 2.45) is 5.92 Å². The Morgan fingerprint density at radius 3 is 2.39 bits per heavy atom. The summed E-state index contributed by atoms with van der Waals surface area (Å²) in [5, 5.41) is 9.79. The van der Waals surface area contributed by atoms with Crippen LogP contribution in [0.4, 0.5) is 0 Å². The average molecular weight is 253 g/mol. The number of carbonyl (C=O) groups excluding carboxylic acids is 1. The van der Waals surface area contributed by atoms with Gasteiger partial charge in [0.1, 0.15) is 5.54 Å². The smallest absolute Gasteiger partial charge is 0.329 e. The van der Waals surface area contributed by atoms with Crippen LogP contribution >= 0.6 is 0 Å². The molecular weight excluding hydrogens is 230 g/mol. The van der Waals surface area contributed by atoms with E-state index in [2.05, 4.69) is 0 Å². The van der Waals surface area contributed by atoms with E-state index in [-0.39, 0.29) is 17.9 Å². The van der Waals surface area contributed by atoms with Crippen LogP contribution in [0.1, 0.15) is 58.8 Å². The molecule has 0 aromatic carbocycles. The van der Waals surface area contributed by atoms with Crippen molar-refractivity contribution in [3.8, 4) is 0 Å². The Balaban J connectivity index is 2.39. The van der Waals surface area contributed by atoms with Crippen molar-refractivity contribution in [3.05, 3.63) is 0 Å². The normalized spacial score (nSPS) is 32.0. The second-order valence-electron chi connectivity index (χ2n) is 5.70. The Kier molecular flexibility index (Phi) is 3.64. The number of amides is 1. The van der Waals surface area contributed by atoms with Gasteiger partial charge in [-0.05, 0) is 31.6 Å². The molecule has 0 saturated heterocycles. The SMILES string of the molecule is CCC1CCCCC1(C(=O)O)N(C(C)=O)C1CC1. The van der Waals surface area contributed by atoms with Crippen LogP contribution in [0.25, 0.3) is 0 Å². The standard InChI is InChI=1S/C14H23NO3/c1-3-11-6-4-5-9-14(11,13(17)18)15(10(2)16)12-7-8-12/h11-12H,3-9H2,1-2H3,(H,17,18). The van der Waals surface area contributed by atoms with Crippen molar-refractivity contribution >= 4 is 11.9 Å². The first-order chi connectivity index (χ1) is 8.54. The molecule has 2 aliphatic rings. The molecule has 2 rings (SSSR count). The van der Waals surface area contributed by atoms with Gasteiger partial charge in [0.05, 0.1) is 0 Å². The van der Waals surface area contributed by atoms with Gasteiger partial charge in [-0.15, -0.1) is 0 Å². The molecule has 2 atom stereocenters. The first kappa shape index (κ1) is 13.4. The quantitative estimate of drug-likeness (QED) is 0.837. The van der Waals surface area contributed by atoms with Gasteiger partial charge in [0.15, 0.2) is 0 Å². The summed E-state index contributed by atoms with van der Waals surface area (Å²) in [4.78, 5) is 25.6. The molecule has 2 unspecified atom stereocenters. The fraction of sp³-hybridized carbons (Fsp3) is 0.857. The maximum Gasteiger partial charge on any atom is 0.329 e. The molecule has 0 radical (unpaired) electrons. The number of rotatable bonds is 4. The van der Waals surface area contributed by atoms with E-state index in [0.29, 0.717) is 6.42 Å². The highest BCUT2D eigenvalue weighted by Crippen LogP contribution is 2.45. The van der Waals surface area contributed by atoms with Crippen LogP contribution in [0, 0.1) is 5.92 Å². The summed E-state index contributed by atoms with van der Waals surface area (Å²) in [6.07, 6.45) is 6.32. The molecule has 102 valence electrons. The lowest BCUT2D eigenvalue weighted by Gasteiger charge is -2.48. The largest absolute Gasteiger partial charge is 0.479 e. The molecule has 2 saturated carbocycles. The summed E-state index contributed by atoms with van der Waals surface area (Å²) in [5.41, 5.74) is -0.931. The second kappa shape index (κ2) is 4.90. The summed E-state index contributed by atoms with van der Waals surface area (Å²) in [5.74, 6) is -0.760. The molecule has 1 N–H and O–H groups in total. The van der Waals surface area contributed by atoms with E-state index in [1.807, 2.05) is 6.92 Å². The Bertz CT molecular complexity index is 351. The Labute approximate surface area is 108 Å². The summed E-state index contributed by atoms with van der Waals surface area (Å²) >= 11 is 0. The first-order valence-corrected chi connectivity index (χ1v) is 7.07. The minimum atomic E-state index is -0.931. The predicted molar refractivity (Wildman–Crippen MR) is 68.2 cm³/mol. The average Bonchev–Trinajstić information content (AvgIpc) is 3.13. The lowest BCUT2D eigenvalue weighted by atomic mass is 9.70. The number of carboxylic acids is 1. The third-order valence-corrected chi connectivity index (χ3v) is 4.58. The number of hydrogen-bond acceptors (Lipinski definition) is 2. The number of nitrogens with zero attached hydrogens (tertiary/aromatic N) is 1. The second-order valence-corrected chi connectivity index (χ2v) is 5.70. The Hall–Kier alpha value is -1.06. The molecular formula is C14H23NO3. The highest BCUT2D eigenvalue weighted by molar-refractivity contribution is 5.87. The summed E-state index contributed by atoms with van der Waals surface area (Å²) in [6, 6.07) is 0.172. The Morgan fingerprint density at radius 2 is 1.94 bits per heavy atom. The van der Waals surface area contributed by atoms with E-state index >= 15 is 0 Å². The highest BCUT2D eigenvalue weighted by Gasteiger charge is 2.55. The van der Waals surface area contributed by atoms with Gasteiger partial charge in [-0.2, -0.15) is 0 Å². The van der Waals surface area contributed by atoms with Crippen LogP contribution in [0.5, 0.6) is 0 Å². The van der Waals surface area contributed by atoms with Gasteiger partial charge < -0.3 is 10.0 Å². The van der Waals surface area contributed by atoms with Crippen molar-refractivity contribution in [1.82, 2.24) is 4.90 Å². The van der Waals surface area contributed by atoms with Gasteiger partial charge in [0.25, 0.3) is 0 Å². The lowest BCUT2D eigenvalue weighted by molar-refractivity contribution is -0.167. The molecule has 0 heterocycles. The zero-order chi connectivity index (χ0) is 13.3. The molecule has 1 amide bonds. The van der Waals surface area contributed by atoms with E-state index in [1.165, 1.54) is 6.92 Å². The van der Waals surface area contributed by atoms with Crippen LogP contribution in [0.2, 0.25) is 0 Å². The van der Waals surface area contributed by atoms with Crippen molar-refractivity contribution in [2.75, 3.05) is 0 Å². The van der Waals surface area contributed by atoms with Crippen LogP contribution < -0.4 is 0 Å². The predicted octanol–water partition coefficient (Wildman–Crippen LogP) is 2.42. The molecule has 0 bridgehead atoms. The topological polar surface area (TPSA) is 57.6 Å². The minimum absolute atomic E-state index is 0.0692. The van der Waals surface area contributed by atoms with E-state index in [1.54, 1.807) is 4.90 Å². The van der Waals surface area contributed by atoms with Gasteiger partial charge in [-0.3, -0.25) is 4.79 Å². The van der Waals surface area contributed by atoms with Crippen LogP contribution in [0.15, 0.2) is 0 Å². The third kappa shape index (κ3) is 2.02. The maximum atomic E-state index is 12.0. The monoisotopic (exact) mass is 253 g/mol.